The second-order valence-corrected chi connectivity index (χ2v) is 6.61. The summed E-state index contributed by atoms with van der Waals surface area (Å²) in [4.78, 5) is 10.6. The summed E-state index contributed by atoms with van der Waals surface area (Å²) in [6.45, 7) is 7.70. The van der Waals surface area contributed by atoms with Crippen molar-refractivity contribution >= 4 is 16.5 Å². The number of aromatic nitrogens is 1. The summed E-state index contributed by atoms with van der Waals surface area (Å²) in [5.74, 6) is 0.822. The Bertz CT molecular complexity index is 371. The van der Waals surface area contributed by atoms with E-state index in [4.69, 9.17) is 0 Å². The van der Waals surface area contributed by atoms with Crippen molar-refractivity contribution in [1.82, 2.24) is 15.2 Å². The van der Waals surface area contributed by atoms with E-state index in [1.807, 2.05) is 17.5 Å². The van der Waals surface area contributed by atoms with Crippen LogP contribution in [0.4, 0.5) is 5.13 Å². The molecule has 1 fully saturated rings. The van der Waals surface area contributed by atoms with Crippen molar-refractivity contribution in [2.45, 2.75) is 26.3 Å². The zero-order valence-electron chi connectivity index (χ0n) is 12.4. The highest BCUT2D eigenvalue weighted by molar-refractivity contribution is 7.15. The molecule has 0 aliphatic carbocycles. The van der Waals surface area contributed by atoms with Gasteiger partial charge >= 0.3 is 0 Å². The highest BCUT2D eigenvalue weighted by atomic mass is 32.1. The van der Waals surface area contributed by atoms with Gasteiger partial charge in [0.15, 0.2) is 5.13 Å². The van der Waals surface area contributed by atoms with Crippen LogP contribution in [0.25, 0.3) is 0 Å². The third kappa shape index (κ3) is 4.44. The number of anilines is 1. The Morgan fingerprint density at radius 1 is 1.47 bits per heavy atom. The van der Waals surface area contributed by atoms with Crippen LogP contribution in [0.5, 0.6) is 0 Å². The first-order chi connectivity index (χ1) is 9.19. The Kier molecular flexibility index (Phi) is 5.60. The third-order valence-corrected chi connectivity index (χ3v) is 4.90. The molecule has 1 saturated heterocycles. The van der Waals surface area contributed by atoms with E-state index in [1.165, 1.54) is 30.8 Å². The molecule has 0 aromatic carbocycles. The van der Waals surface area contributed by atoms with Gasteiger partial charge in [0, 0.05) is 31.2 Å². The fourth-order valence-electron chi connectivity index (χ4n) is 2.51. The van der Waals surface area contributed by atoms with Gasteiger partial charge in [0.25, 0.3) is 0 Å². The lowest BCUT2D eigenvalue weighted by atomic mass is 9.97. The van der Waals surface area contributed by atoms with Gasteiger partial charge in [0.2, 0.25) is 0 Å². The van der Waals surface area contributed by atoms with Crippen LogP contribution in [0.3, 0.4) is 0 Å². The van der Waals surface area contributed by atoms with Crippen molar-refractivity contribution in [3.63, 3.8) is 0 Å². The van der Waals surface area contributed by atoms with Gasteiger partial charge in [-0.25, -0.2) is 4.98 Å². The topological polar surface area (TPSA) is 31.4 Å². The second-order valence-electron chi connectivity index (χ2n) is 5.52. The standard InChI is InChI=1S/C14H26N4S/c1-4-15-9-13-10-16-14(19-13)18(3)11-12-5-7-17(2)8-6-12/h10,12,15H,4-9,11H2,1-3H3. The maximum absolute atomic E-state index is 4.54. The van der Waals surface area contributed by atoms with Crippen molar-refractivity contribution in [3.05, 3.63) is 11.1 Å². The van der Waals surface area contributed by atoms with E-state index in [9.17, 15) is 0 Å². The van der Waals surface area contributed by atoms with Crippen LogP contribution in [0.2, 0.25) is 0 Å². The van der Waals surface area contributed by atoms with Crippen LogP contribution in [0, 0.1) is 5.92 Å². The maximum Gasteiger partial charge on any atom is 0.185 e. The number of likely N-dealkylation sites (tertiary alicyclic amines) is 1. The molecular formula is C14H26N4S. The largest absolute Gasteiger partial charge is 0.351 e. The van der Waals surface area contributed by atoms with Crippen molar-refractivity contribution in [3.8, 4) is 0 Å². The average Bonchev–Trinajstić information content (AvgIpc) is 2.88. The summed E-state index contributed by atoms with van der Waals surface area (Å²) in [6.07, 6.45) is 4.64. The number of rotatable bonds is 6. The van der Waals surface area contributed by atoms with Crippen LogP contribution in [-0.2, 0) is 6.54 Å². The fourth-order valence-corrected chi connectivity index (χ4v) is 3.36. The smallest absolute Gasteiger partial charge is 0.185 e. The molecule has 4 nitrogen and oxygen atoms in total. The number of piperidine rings is 1. The Morgan fingerprint density at radius 3 is 2.89 bits per heavy atom. The zero-order valence-corrected chi connectivity index (χ0v) is 13.2. The quantitative estimate of drug-likeness (QED) is 0.865. The molecule has 0 amide bonds. The van der Waals surface area contributed by atoms with E-state index < -0.39 is 0 Å². The van der Waals surface area contributed by atoms with Gasteiger partial charge in [-0.1, -0.05) is 6.92 Å². The van der Waals surface area contributed by atoms with Crippen LogP contribution in [0.1, 0.15) is 24.6 Å². The minimum Gasteiger partial charge on any atom is -0.351 e. The molecule has 1 N–H and O–H groups in total. The third-order valence-electron chi connectivity index (χ3n) is 3.79. The number of nitrogens with zero attached hydrogens (tertiary/aromatic N) is 3. The molecule has 0 unspecified atom stereocenters. The highest BCUT2D eigenvalue weighted by Crippen LogP contribution is 2.24. The number of hydrogen-bond donors (Lipinski definition) is 1. The van der Waals surface area contributed by atoms with Crippen LogP contribution < -0.4 is 10.2 Å². The first-order valence-corrected chi connectivity index (χ1v) is 8.05. The monoisotopic (exact) mass is 282 g/mol. The molecule has 0 bridgehead atoms. The molecule has 0 saturated carbocycles. The summed E-state index contributed by atoms with van der Waals surface area (Å²) in [5.41, 5.74) is 0. The molecule has 5 heteroatoms. The summed E-state index contributed by atoms with van der Waals surface area (Å²) in [5, 5.41) is 4.51. The molecule has 1 aromatic heterocycles. The second kappa shape index (κ2) is 7.22. The Hall–Kier alpha value is -0.650. The van der Waals surface area contributed by atoms with E-state index in [-0.39, 0.29) is 0 Å². The average molecular weight is 282 g/mol. The highest BCUT2D eigenvalue weighted by Gasteiger charge is 2.19. The van der Waals surface area contributed by atoms with Gasteiger partial charge < -0.3 is 15.1 Å². The summed E-state index contributed by atoms with van der Waals surface area (Å²) >= 11 is 1.81. The van der Waals surface area contributed by atoms with E-state index in [0.29, 0.717) is 0 Å². The van der Waals surface area contributed by atoms with Gasteiger partial charge in [-0.2, -0.15) is 0 Å². The van der Waals surface area contributed by atoms with Crippen LogP contribution >= 0.6 is 11.3 Å². The number of thiazole rings is 1. The summed E-state index contributed by atoms with van der Waals surface area (Å²) < 4.78 is 0. The lowest BCUT2D eigenvalue weighted by Gasteiger charge is -2.31. The summed E-state index contributed by atoms with van der Waals surface area (Å²) in [6, 6.07) is 0. The molecule has 0 spiro atoms. The lowest BCUT2D eigenvalue weighted by molar-refractivity contribution is 0.222. The predicted octanol–water partition coefficient (Wildman–Crippen LogP) is 2.03. The predicted molar refractivity (Wildman–Crippen MR) is 83.0 cm³/mol. The van der Waals surface area contributed by atoms with E-state index in [0.717, 1.165) is 30.7 Å². The molecule has 19 heavy (non-hydrogen) atoms. The molecule has 0 atom stereocenters. The normalized spacial score (nSPS) is 17.8. The van der Waals surface area contributed by atoms with Gasteiger partial charge in [-0.3, -0.25) is 0 Å². The molecule has 108 valence electrons. The molecule has 1 aliphatic heterocycles. The maximum atomic E-state index is 4.54. The Balaban J connectivity index is 1.82. The Morgan fingerprint density at radius 2 is 2.21 bits per heavy atom. The van der Waals surface area contributed by atoms with Crippen molar-refractivity contribution in [2.24, 2.45) is 5.92 Å². The number of hydrogen-bond acceptors (Lipinski definition) is 5. The lowest BCUT2D eigenvalue weighted by Crippen LogP contribution is -2.35. The van der Waals surface area contributed by atoms with Gasteiger partial charge in [0.05, 0.1) is 0 Å². The molecule has 2 heterocycles. The number of nitrogens with one attached hydrogen (secondary N) is 1. The Labute approximate surface area is 120 Å². The molecule has 2 rings (SSSR count). The van der Waals surface area contributed by atoms with Gasteiger partial charge in [0.1, 0.15) is 0 Å². The van der Waals surface area contributed by atoms with Gasteiger partial charge in [-0.05, 0) is 45.4 Å². The van der Waals surface area contributed by atoms with Crippen LogP contribution in [-0.4, -0.2) is 50.2 Å². The SMILES string of the molecule is CCNCc1cnc(N(C)CC2CCN(C)CC2)s1. The molecule has 1 aromatic rings. The fraction of sp³-hybridized carbons (Fsp3) is 0.786. The van der Waals surface area contributed by atoms with Crippen molar-refractivity contribution < 1.29 is 0 Å². The van der Waals surface area contributed by atoms with Crippen molar-refractivity contribution in [1.29, 1.82) is 0 Å². The summed E-state index contributed by atoms with van der Waals surface area (Å²) in [7, 11) is 4.39. The van der Waals surface area contributed by atoms with Gasteiger partial charge in [-0.15, -0.1) is 11.3 Å². The first-order valence-electron chi connectivity index (χ1n) is 7.24. The van der Waals surface area contributed by atoms with E-state index in [2.05, 4.69) is 41.1 Å². The minimum atomic E-state index is 0.822. The van der Waals surface area contributed by atoms with E-state index >= 15 is 0 Å². The molecular weight excluding hydrogens is 256 g/mol. The zero-order chi connectivity index (χ0) is 13.7. The molecule has 1 aliphatic rings. The van der Waals surface area contributed by atoms with Crippen molar-refractivity contribution in [2.75, 3.05) is 45.2 Å². The minimum absolute atomic E-state index is 0.822. The molecule has 0 radical (unpaired) electrons. The van der Waals surface area contributed by atoms with E-state index in [1.54, 1.807) is 0 Å². The van der Waals surface area contributed by atoms with Crippen LogP contribution in [0.15, 0.2) is 6.20 Å². The first kappa shape index (κ1) is 14.8.